The summed E-state index contributed by atoms with van der Waals surface area (Å²) in [6, 6.07) is 25.1. The van der Waals surface area contributed by atoms with E-state index in [0.29, 0.717) is 0 Å². The molecule has 0 saturated carbocycles. The van der Waals surface area contributed by atoms with E-state index in [0.717, 1.165) is 28.7 Å². The number of benzene rings is 3. The van der Waals surface area contributed by atoms with Crippen LogP contribution in [0.5, 0.6) is 0 Å². The molecule has 3 rings (SSSR count). The van der Waals surface area contributed by atoms with Crippen molar-refractivity contribution in [2.24, 2.45) is 0 Å². The largest absolute Gasteiger partial charge is 0.462 e. The van der Waals surface area contributed by atoms with E-state index in [4.69, 9.17) is 14.6 Å². The number of aliphatic hydroxyl groups is 3. The van der Waals surface area contributed by atoms with Crippen LogP contribution < -0.4 is 0 Å². The average molecular weight is 545 g/mol. The van der Waals surface area contributed by atoms with Gasteiger partial charge in [0.1, 0.15) is 6.61 Å². The Kier molecular flexibility index (Phi) is 12.3. The minimum absolute atomic E-state index is 0.0184. The second-order valence-electron chi connectivity index (χ2n) is 9.91. The zero-order valence-electron chi connectivity index (χ0n) is 23.2. The molecular weight excluding hydrogens is 504 g/mol. The van der Waals surface area contributed by atoms with E-state index in [2.05, 4.69) is 68.6 Å². The number of carbonyl (C=O) groups is 1. The third-order valence-corrected chi connectivity index (χ3v) is 6.86. The van der Waals surface area contributed by atoms with E-state index in [1.165, 1.54) is 30.4 Å². The molecule has 0 spiro atoms. The molecular formula is C34H40O6. The highest BCUT2D eigenvalue weighted by Crippen LogP contribution is 2.27. The van der Waals surface area contributed by atoms with Crippen LogP contribution in [0.4, 0.5) is 0 Å². The minimum atomic E-state index is -1.34. The first-order valence-electron chi connectivity index (χ1n) is 13.7. The first kappa shape index (κ1) is 31.0. The van der Waals surface area contributed by atoms with Crippen LogP contribution in [-0.4, -0.2) is 54.0 Å². The van der Waals surface area contributed by atoms with Crippen LogP contribution in [0.2, 0.25) is 0 Å². The van der Waals surface area contributed by atoms with Gasteiger partial charge in [0.2, 0.25) is 0 Å². The van der Waals surface area contributed by atoms with Gasteiger partial charge in [-0.1, -0.05) is 106 Å². The SMILES string of the molecule is C=C(CO)C(=O)OCC(COC(O)C(=C)CO)c1ccc(-c2ccc(-c3ccc(CCCCC)cc3)cc2)cc1. The van der Waals surface area contributed by atoms with Gasteiger partial charge >= 0.3 is 5.97 Å². The number of unbranched alkanes of at least 4 members (excludes halogenated alkanes) is 2. The summed E-state index contributed by atoms with van der Waals surface area (Å²) in [5.74, 6) is -1.10. The zero-order chi connectivity index (χ0) is 28.9. The van der Waals surface area contributed by atoms with Crippen molar-refractivity contribution in [2.75, 3.05) is 26.4 Å². The fraction of sp³-hybridized carbons (Fsp3) is 0.324. The number of rotatable bonds is 16. The van der Waals surface area contributed by atoms with Crippen molar-refractivity contribution in [1.82, 2.24) is 0 Å². The van der Waals surface area contributed by atoms with Gasteiger partial charge in [-0.2, -0.15) is 0 Å². The number of hydrogen-bond acceptors (Lipinski definition) is 6. The molecule has 3 N–H and O–H groups in total. The Bertz CT molecular complexity index is 1230. The smallest absolute Gasteiger partial charge is 0.335 e. The van der Waals surface area contributed by atoms with Crippen LogP contribution >= 0.6 is 0 Å². The van der Waals surface area contributed by atoms with Crippen molar-refractivity contribution in [1.29, 1.82) is 0 Å². The van der Waals surface area contributed by atoms with E-state index in [1.807, 2.05) is 24.3 Å². The summed E-state index contributed by atoms with van der Waals surface area (Å²) in [6.45, 7) is 8.35. The van der Waals surface area contributed by atoms with Crippen molar-refractivity contribution >= 4 is 5.97 Å². The summed E-state index contributed by atoms with van der Waals surface area (Å²) in [6.07, 6.45) is 3.49. The molecule has 0 bridgehead atoms. The molecule has 3 aromatic carbocycles. The van der Waals surface area contributed by atoms with E-state index < -0.39 is 31.4 Å². The normalized spacial score (nSPS) is 12.5. The third kappa shape index (κ3) is 9.00. The summed E-state index contributed by atoms with van der Waals surface area (Å²) in [5, 5.41) is 28.3. The second kappa shape index (κ2) is 15.9. The molecule has 0 aliphatic heterocycles. The van der Waals surface area contributed by atoms with Crippen LogP contribution in [0.3, 0.4) is 0 Å². The van der Waals surface area contributed by atoms with Gasteiger partial charge in [-0.3, -0.25) is 0 Å². The Morgan fingerprint density at radius 3 is 1.80 bits per heavy atom. The number of aliphatic hydroxyl groups excluding tert-OH is 3. The summed E-state index contributed by atoms with van der Waals surface area (Å²) in [5.41, 5.74) is 6.74. The fourth-order valence-electron chi connectivity index (χ4n) is 4.23. The van der Waals surface area contributed by atoms with Gasteiger partial charge in [-0.15, -0.1) is 0 Å². The Morgan fingerprint density at radius 1 is 0.775 bits per heavy atom. The van der Waals surface area contributed by atoms with Gasteiger partial charge in [-0.25, -0.2) is 4.79 Å². The Morgan fingerprint density at radius 2 is 1.30 bits per heavy atom. The van der Waals surface area contributed by atoms with E-state index in [1.54, 1.807) is 0 Å². The van der Waals surface area contributed by atoms with Gasteiger partial charge in [0.15, 0.2) is 6.29 Å². The second-order valence-corrected chi connectivity index (χ2v) is 9.91. The highest BCUT2D eigenvalue weighted by molar-refractivity contribution is 5.87. The average Bonchev–Trinajstić information content (AvgIpc) is 3.00. The molecule has 2 atom stereocenters. The summed E-state index contributed by atoms with van der Waals surface area (Å²) >= 11 is 0. The zero-order valence-corrected chi connectivity index (χ0v) is 23.2. The molecule has 2 unspecified atom stereocenters. The number of hydrogen-bond donors (Lipinski definition) is 3. The lowest BCUT2D eigenvalue weighted by Crippen LogP contribution is -2.24. The summed E-state index contributed by atoms with van der Waals surface area (Å²) in [4.78, 5) is 12.0. The van der Waals surface area contributed by atoms with Crippen LogP contribution in [0.25, 0.3) is 22.3 Å². The number of aryl methyl sites for hydroxylation is 1. The van der Waals surface area contributed by atoms with Gasteiger partial charge in [0.25, 0.3) is 0 Å². The van der Waals surface area contributed by atoms with Crippen LogP contribution in [0.1, 0.15) is 43.2 Å². The lowest BCUT2D eigenvalue weighted by Gasteiger charge is -2.21. The molecule has 6 heteroatoms. The summed E-state index contributed by atoms with van der Waals surface area (Å²) in [7, 11) is 0. The molecule has 0 aromatic heterocycles. The van der Waals surface area contributed by atoms with Gasteiger partial charge < -0.3 is 24.8 Å². The molecule has 0 saturated heterocycles. The molecule has 6 nitrogen and oxygen atoms in total. The third-order valence-electron chi connectivity index (χ3n) is 6.86. The van der Waals surface area contributed by atoms with E-state index in [-0.39, 0.29) is 24.4 Å². The molecule has 0 aliphatic carbocycles. The number of carbonyl (C=O) groups excluding carboxylic acids is 1. The molecule has 0 fully saturated rings. The maximum absolute atomic E-state index is 12.0. The Hall–Kier alpha value is -3.55. The van der Waals surface area contributed by atoms with Crippen molar-refractivity contribution in [3.05, 3.63) is 108 Å². The molecule has 0 aliphatic rings. The van der Waals surface area contributed by atoms with E-state index >= 15 is 0 Å². The lowest BCUT2D eigenvalue weighted by molar-refractivity contribution is -0.141. The van der Waals surface area contributed by atoms with E-state index in [9.17, 15) is 15.0 Å². The molecule has 0 amide bonds. The monoisotopic (exact) mass is 544 g/mol. The molecule has 0 radical (unpaired) electrons. The first-order valence-corrected chi connectivity index (χ1v) is 13.7. The standard InChI is InChI=1S/C34H40O6/c1-4-5-6-7-26-8-10-27(11-9-26)28-12-14-29(15-13-28)30-16-18-31(19-17-30)32(22-39-33(37)24(2)20-35)23-40-34(38)25(3)21-36/h8-19,32-33,35-37H,2-7,20-23H2,1H3. The van der Waals surface area contributed by atoms with Gasteiger partial charge in [0.05, 0.1) is 25.4 Å². The molecule has 40 heavy (non-hydrogen) atoms. The highest BCUT2D eigenvalue weighted by atomic mass is 16.6. The quantitative estimate of drug-likeness (QED) is 0.0692. The van der Waals surface area contributed by atoms with Crippen molar-refractivity contribution in [3.8, 4) is 22.3 Å². The fourth-order valence-corrected chi connectivity index (χ4v) is 4.23. The maximum Gasteiger partial charge on any atom is 0.335 e. The summed E-state index contributed by atoms with van der Waals surface area (Å²) < 4.78 is 10.8. The molecule has 212 valence electrons. The molecule has 0 heterocycles. The first-order chi connectivity index (χ1) is 19.4. The maximum atomic E-state index is 12.0. The number of ether oxygens (including phenoxy) is 2. The van der Waals surface area contributed by atoms with Crippen LogP contribution in [0, 0.1) is 0 Å². The predicted molar refractivity (Wildman–Crippen MR) is 159 cm³/mol. The Balaban J connectivity index is 1.69. The predicted octanol–water partition coefficient (Wildman–Crippen LogP) is 5.81. The van der Waals surface area contributed by atoms with Gasteiger partial charge in [-0.05, 0) is 46.2 Å². The van der Waals surface area contributed by atoms with Crippen molar-refractivity contribution in [3.63, 3.8) is 0 Å². The van der Waals surface area contributed by atoms with Crippen molar-refractivity contribution < 1.29 is 29.6 Å². The van der Waals surface area contributed by atoms with Crippen molar-refractivity contribution in [2.45, 2.75) is 44.8 Å². The highest BCUT2D eigenvalue weighted by Gasteiger charge is 2.19. The lowest BCUT2D eigenvalue weighted by atomic mass is 9.95. The van der Waals surface area contributed by atoms with Crippen LogP contribution in [-0.2, 0) is 20.7 Å². The van der Waals surface area contributed by atoms with Gasteiger partial charge in [0, 0.05) is 11.5 Å². The Labute approximate surface area is 237 Å². The van der Waals surface area contributed by atoms with Crippen LogP contribution in [0.15, 0.2) is 97.1 Å². The number of esters is 1. The minimum Gasteiger partial charge on any atom is -0.462 e. The topological polar surface area (TPSA) is 96.2 Å². The molecule has 3 aromatic rings.